The lowest BCUT2D eigenvalue weighted by Crippen LogP contribution is -2.27. The second-order valence-corrected chi connectivity index (χ2v) is 4.34. The zero-order valence-electron chi connectivity index (χ0n) is 9.01. The third kappa shape index (κ3) is 2.28. The Bertz CT molecular complexity index is 240. The molecule has 14 heavy (non-hydrogen) atoms. The van der Waals surface area contributed by atoms with Crippen LogP contribution >= 0.6 is 0 Å². The van der Waals surface area contributed by atoms with Gasteiger partial charge in [-0.2, -0.15) is 0 Å². The van der Waals surface area contributed by atoms with Gasteiger partial charge < -0.3 is 10.6 Å². The molecule has 0 radical (unpaired) electrons. The van der Waals surface area contributed by atoms with E-state index in [2.05, 4.69) is 35.5 Å². The fraction of sp³-hybridized carbons (Fsp3) is 0.727. The molecule has 78 valence electrons. The maximum Gasteiger partial charge on any atom is 0.0970 e. The van der Waals surface area contributed by atoms with Gasteiger partial charge in [0, 0.05) is 24.2 Å². The first-order valence-electron chi connectivity index (χ1n) is 5.49. The molecule has 0 amide bonds. The summed E-state index contributed by atoms with van der Waals surface area (Å²) in [7, 11) is 0. The predicted octanol–water partition coefficient (Wildman–Crippen LogP) is 1.42. The van der Waals surface area contributed by atoms with Crippen LogP contribution in [0.2, 0.25) is 0 Å². The summed E-state index contributed by atoms with van der Waals surface area (Å²) in [5, 5.41) is 6.85. The highest BCUT2D eigenvalue weighted by atomic mass is 15.1. The minimum Gasteiger partial charge on any atom is -0.386 e. The minimum absolute atomic E-state index is 0.537. The predicted molar refractivity (Wildman–Crippen MR) is 59.4 cm³/mol. The molecule has 0 saturated heterocycles. The second kappa shape index (κ2) is 4.03. The van der Waals surface area contributed by atoms with Crippen molar-refractivity contribution in [3.63, 3.8) is 0 Å². The molecular formula is C11H19N3. The molecular weight excluding hydrogens is 174 g/mol. The first-order chi connectivity index (χ1) is 6.74. The molecule has 2 aliphatic heterocycles. The van der Waals surface area contributed by atoms with Crippen molar-refractivity contribution in [1.29, 1.82) is 0 Å². The summed E-state index contributed by atoms with van der Waals surface area (Å²) in [4.78, 5) is 4.45. The molecule has 0 saturated carbocycles. The fourth-order valence-electron chi connectivity index (χ4n) is 1.95. The third-order valence-corrected chi connectivity index (χ3v) is 2.75. The molecule has 2 heterocycles. The van der Waals surface area contributed by atoms with Crippen molar-refractivity contribution in [3.8, 4) is 0 Å². The standard InChI is InChI=1S/C11H19N3/c1-8-3-4-10(13-8)5-6-11-12-7-9(2)14-11/h4,8-9,13H,3,5-7H2,1-2H3,(H,12,14). The van der Waals surface area contributed by atoms with Crippen LogP contribution in [0.5, 0.6) is 0 Å². The summed E-state index contributed by atoms with van der Waals surface area (Å²) in [6, 6.07) is 1.16. The summed E-state index contributed by atoms with van der Waals surface area (Å²) >= 11 is 0. The Hall–Kier alpha value is -0.990. The number of aliphatic imine (C=N–C) groups is 1. The normalized spacial score (nSPS) is 30.7. The highest BCUT2D eigenvalue weighted by Gasteiger charge is 2.14. The molecule has 0 aliphatic carbocycles. The van der Waals surface area contributed by atoms with Gasteiger partial charge in [-0.3, -0.25) is 4.99 Å². The molecule has 0 aromatic heterocycles. The zero-order valence-corrected chi connectivity index (χ0v) is 9.01. The number of nitrogens with zero attached hydrogens (tertiary/aromatic N) is 1. The van der Waals surface area contributed by atoms with Gasteiger partial charge in [0.25, 0.3) is 0 Å². The Morgan fingerprint density at radius 3 is 2.71 bits per heavy atom. The van der Waals surface area contributed by atoms with Crippen LogP contribution in [0, 0.1) is 0 Å². The van der Waals surface area contributed by atoms with E-state index in [-0.39, 0.29) is 0 Å². The van der Waals surface area contributed by atoms with Crippen LogP contribution in [0.4, 0.5) is 0 Å². The lowest BCUT2D eigenvalue weighted by molar-refractivity contribution is 0.653. The van der Waals surface area contributed by atoms with Gasteiger partial charge in [0.2, 0.25) is 0 Å². The highest BCUT2D eigenvalue weighted by molar-refractivity contribution is 5.84. The maximum atomic E-state index is 4.45. The molecule has 0 bridgehead atoms. The topological polar surface area (TPSA) is 36.4 Å². The van der Waals surface area contributed by atoms with Gasteiger partial charge in [-0.1, -0.05) is 6.08 Å². The first kappa shape index (κ1) is 9.56. The van der Waals surface area contributed by atoms with E-state index in [4.69, 9.17) is 0 Å². The van der Waals surface area contributed by atoms with Crippen LogP contribution in [-0.2, 0) is 0 Å². The molecule has 3 heteroatoms. The van der Waals surface area contributed by atoms with Gasteiger partial charge in [0.05, 0.1) is 12.4 Å². The number of allylic oxidation sites excluding steroid dienone is 1. The van der Waals surface area contributed by atoms with Crippen LogP contribution < -0.4 is 10.6 Å². The van der Waals surface area contributed by atoms with Crippen LogP contribution in [-0.4, -0.2) is 24.5 Å². The Kier molecular flexibility index (Phi) is 2.75. The van der Waals surface area contributed by atoms with Crippen molar-refractivity contribution in [2.45, 2.75) is 45.2 Å². The Balaban J connectivity index is 1.73. The second-order valence-electron chi connectivity index (χ2n) is 4.34. The highest BCUT2D eigenvalue weighted by Crippen LogP contribution is 2.14. The van der Waals surface area contributed by atoms with Gasteiger partial charge in [-0.05, 0) is 26.7 Å². The molecule has 0 fully saturated rings. The Labute approximate surface area is 85.7 Å². The van der Waals surface area contributed by atoms with Gasteiger partial charge in [-0.15, -0.1) is 0 Å². The van der Waals surface area contributed by atoms with Crippen LogP contribution in [0.25, 0.3) is 0 Å². The average Bonchev–Trinajstić information content (AvgIpc) is 2.72. The molecule has 2 aliphatic rings. The van der Waals surface area contributed by atoms with Gasteiger partial charge in [0.15, 0.2) is 0 Å². The number of hydrogen-bond donors (Lipinski definition) is 2. The van der Waals surface area contributed by atoms with Crippen molar-refractivity contribution in [1.82, 2.24) is 10.6 Å². The zero-order chi connectivity index (χ0) is 9.97. The van der Waals surface area contributed by atoms with Crippen molar-refractivity contribution in [3.05, 3.63) is 11.8 Å². The van der Waals surface area contributed by atoms with E-state index in [1.165, 1.54) is 18.0 Å². The Morgan fingerprint density at radius 2 is 2.14 bits per heavy atom. The summed E-state index contributed by atoms with van der Waals surface area (Å²) in [5.74, 6) is 1.18. The molecule has 3 nitrogen and oxygen atoms in total. The summed E-state index contributed by atoms with van der Waals surface area (Å²) < 4.78 is 0. The molecule has 2 unspecified atom stereocenters. The van der Waals surface area contributed by atoms with E-state index < -0.39 is 0 Å². The summed E-state index contributed by atoms with van der Waals surface area (Å²) in [6.45, 7) is 5.33. The van der Waals surface area contributed by atoms with Gasteiger partial charge in [-0.25, -0.2) is 0 Å². The Morgan fingerprint density at radius 1 is 1.29 bits per heavy atom. The van der Waals surface area contributed by atoms with Crippen LogP contribution in [0.3, 0.4) is 0 Å². The minimum atomic E-state index is 0.537. The number of rotatable bonds is 3. The molecule has 0 aromatic rings. The largest absolute Gasteiger partial charge is 0.386 e. The average molecular weight is 193 g/mol. The van der Waals surface area contributed by atoms with E-state index >= 15 is 0 Å². The number of amidine groups is 1. The van der Waals surface area contributed by atoms with Crippen LogP contribution in [0.1, 0.15) is 33.1 Å². The summed E-state index contributed by atoms with van der Waals surface area (Å²) in [6.07, 6.45) is 5.63. The van der Waals surface area contributed by atoms with Crippen molar-refractivity contribution in [2.24, 2.45) is 4.99 Å². The van der Waals surface area contributed by atoms with Crippen LogP contribution in [0.15, 0.2) is 16.8 Å². The van der Waals surface area contributed by atoms with E-state index in [1.807, 2.05) is 0 Å². The first-order valence-corrected chi connectivity index (χ1v) is 5.49. The van der Waals surface area contributed by atoms with E-state index in [0.29, 0.717) is 12.1 Å². The van der Waals surface area contributed by atoms with Crippen molar-refractivity contribution >= 4 is 5.84 Å². The molecule has 2 atom stereocenters. The molecule has 2 N–H and O–H groups in total. The fourth-order valence-corrected chi connectivity index (χ4v) is 1.95. The SMILES string of the molecule is CC1CC=C(CCC2=NCC(C)N2)N1. The maximum absolute atomic E-state index is 4.45. The van der Waals surface area contributed by atoms with Gasteiger partial charge in [0.1, 0.15) is 0 Å². The van der Waals surface area contributed by atoms with Crippen molar-refractivity contribution < 1.29 is 0 Å². The van der Waals surface area contributed by atoms with Crippen molar-refractivity contribution in [2.75, 3.05) is 6.54 Å². The lowest BCUT2D eigenvalue weighted by Gasteiger charge is -2.09. The smallest absolute Gasteiger partial charge is 0.0970 e. The van der Waals surface area contributed by atoms with Gasteiger partial charge >= 0.3 is 0 Å². The molecule has 0 aromatic carbocycles. The number of hydrogen-bond acceptors (Lipinski definition) is 3. The molecule has 2 rings (SSSR count). The third-order valence-electron chi connectivity index (χ3n) is 2.75. The van der Waals surface area contributed by atoms with E-state index in [0.717, 1.165) is 19.4 Å². The molecule has 0 spiro atoms. The monoisotopic (exact) mass is 193 g/mol. The lowest BCUT2D eigenvalue weighted by atomic mass is 10.2. The summed E-state index contributed by atoms with van der Waals surface area (Å²) in [5.41, 5.74) is 1.39. The van der Waals surface area contributed by atoms with E-state index in [1.54, 1.807) is 0 Å². The van der Waals surface area contributed by atoms with E-state index in [9.17, 15) is 0 Å². The quantitative estimate of drug-likeness (QED) is 0.711. The number of nitrogens with one attached hydrogen (secondary N) is 2.